The van der Waals surface area contributed by atoms with Crippen LogP contribution in [0.25, 0.3) is 11.4 Å². The minimum atomic E-state index is -4.69. The summed E-state index contributed by atoms with van der Waals surface area (Å²) in [7, 11) is 0. The van der Waals surface area contributed by atoms with E-state index in [0.29, 0.717) is 43.4 Å². The molecule has 0 atom stereocenters. The number of aryl methyl sites for hydroxylation is 1. The van der Waals surface area contributed by atoms with Crippen molar-refractivity contribution in [2.45, 2.75) is 31.8 Å². The molecule has 176 valence electrons. The number of rotatable bonds is 9. The van der Waals surface area contributed by atoms with E-state index in [1.54, 1.807) is 0 Å². The lowest BCUT2D eigenvalue weighted by Gasteiger charge is -2.20. The van der Waals surface area contributed by atoms with Crippen LogP contribution in [0.15, 0.2) is 36.7 Å². The summed E-state index contributed by atoms with van der Waals surface area (Å²) < 4.78 is 113. The lowest BCUT2D eigenvalue weighted by molar-refractivity contribution is -0.189. The van der Waals surface area contributed by atoms with Crippen LogP contribution in [0, 0.1) is 29.1 Å². The fraction of sp³-hybridized carbons (Fsp3) is 0.273. The SMILES string of the molecule is FCCCCCc1cnc(-c2cc(F)c(C(F)(F)Oc3cc(F)c(F)c(F)c3)c(F)c2)nc1. The van der Waals surface area contributed by atoms with Gasteiger partial charge in [-0.3, -0.25) is 4.39 Å². The number of aromatic nitrogens is 2. The Bertz CT molecular complexity index is 1080. The molecular formula is C22H16F8N2O. The van der Waals surface area contributed by atoms with Gasteiger partial charge >= 0.3 is 6.11 Å². The first-order valence-electron chi connectivity index (χ1n) is 9.70. The highest BCUT2D eigenvalue weighted by Crippen LogP contribution is 2.37. The molecule has 0 amide bonds. The molecule has 0 aliphatic rings. The minimum Gasteiger partial charge on any atom is -0.429 e. The molecule has 0 saturated heterocycles. The zero-order chi connectivity index (χ0) is 24.2. The van der Waals surface area contributed by atoms with Gasteiger partial charge in [-0.15, -0.1) is 0 Å². The Morgan fingerprint density at radius 2 is 1.33 bits per heavy atom. The van der Waals surface area contributed by atoms with E-state index in [0.717, 1.165) is 0 Å². The predicted octanol–water partition coefficient (Wildman–Crippen LogP) is 6.65. The summed E-state index contributed by atoms with van der Waals surface area (Å²) >= 11 is 0. The molecule has 3 nitrogen and oxygen atoms in total. The van der Waals surface area contributed by atoms with Gasteiger partial charge in [0.05, 0.1) is 6.67 Å². The summed E-state index contributed by atoms with van der Waals surface area (Å²) in [4.78, 5) is 7.92. The normalized spacial score (nSPS) is 11.6. The van der Waals surface area contributed by atoms with Crippen LogP contribution in [0.5, 0.6) is 5.75 Å². The lowest BCUT2D eigenvalue weighted by Crippen LogP contribution is -2.25. The van der Waals surface area contributed by atoms with Crippen molar-refractivity contribution >= 4 is 0 Å². The second-order valence-corrected chi connectivity index (χ2v) is 7.05. The highest BCUT2D eigenvalue weighted by molar-refractivity contribution is 5.56. The standard InChI is InChI=1S/C22H16F8N2O/c23-5-3-1-2-4-12-10-31-21(32-11-12)13-6-15(24)19(16(25)7-13)22(29,30)33-14-8-17(26)20(28)18(27)9-14/h6-11H,1-5H2. The Kier molecular flexibility index (Phi) is 7.50. The van der Waals surface area contributed by atoms with Crippen LogP contribution >= 0.6 is 0 Å². The van der Waals surface area contributed by atoms with Gasteiger partial charge in [-0.2, -0.15) is 8.78 Å². The van der Waals surface area contributed by atoms with Crippen molar-refractivity contribution in [3.05, 3.63) is 76.9 Å². The summed E-state index contributed by atoms with van der Waals surface area (Å²) in [5.41, 5.74) is -1.36. The zero-order valence-electron chi connectivity index (χ0n) is 16.8. The maximum Gasteiger partial charge on any atom is 0.432 e. The molecule has 0 unspecified atom stereocenters. The number of hydrogen-bond donors (Lipinski definition) is 0. The summed E-state index contributed by atoms with van der Waals surface area (Å²) in [5, 5.41) is 0. The van der Waals surface area contributed by atoms with Crippen molar-refractivity contribution in [3.63, 3.8) is 0 Å². The monoisotopic (exact) mass is 476 g/mol. The van der Waals surface area contributed by atoms with E-state index in [-0.39, 0.29) is 23.5 Å². The number of benzene rings is 2. The number of unbranched alkanes of at least 4 members (excludes halogenated alkanes) is 2. The third-order valence-corrected chi connectivity index (χ3v) is 4.60. The van der Waals surface area contributed by atoms with Crippen molar-refractivity contribution in [1.82, 2.24) is 9.97 Å². The Balaban J connectivity index is 1.82. The summed E-state index contributed by atoms with van der Waals surface area (Å²) in [6, 6.07) is 1.34. The molecule has 0 aliphatic carbocycles. The molecule has 0 N–H and O–H groups in total. The lowest BCUT2D eigenvalue weighted by atomic mass is 10.1. The van der Waals surface area contributed by atoms with Crippen LogP contribution in [0.4, 0.5) is 35.1 Å². The molecule has 0 spiro atoms. The van der Waals surface area contributed by atoms with Gasteiger partial charge in [-0.05, 0) is 37.0 Å². The molecule has 33 heavy (non-hydrogen) atoms. The maximum atomic E-state index is 14.4. The third kappa shape index (κ3) is 5.77. The predicted molar refractivity (Wildman–Crippen MR) is 102 cm³/mol. The van der Waals surface area contributed by atoms with Gasteiger partial charge in [0, 0.05) is 30.1 Å². The first-order valence-corrected chi connectivity index (χ1v) is 9.70. The quantitative estimate of drug-likeness (QED) is 0.197. The molecule has 11 heteroatoms. The first kappa shape index (κ1) is 24.4. The molecule has 0 radical (unpaired) electrons. The molecule has 0 bridgehead atoms. The summed E-state index contributed by atoms with van der Waals surface area (Å²) in [5.74, 6) is -10.3. The molecule has 0 aliphatic heterocycles. The minimum absolute atomic E-state index is 0.115. The number of alkyl halides is 3. The van der Waals surface area contributed by atoms with Crippen LogP contribution in [0.2, 0.25) is 0 Å². The van der Waals surface area contributed by atoms with Gasteiger partial charge in [0.2, 0.25) is 0 Å². The maximum absolute atomic E-state index is 14.4. The van der Waals surface area contributed by atoms with Gasteiger partial charge in [0.15, 0.2) is 23.3 Å². The van der Waals surface area contributed by atoms with E-state index in [1.165, 1.54) is 12.4 Å². The summed E-state index contributed by atoms with van der Waals surface area (Å²) in [6.07, 6.45) is 0.478. The largest absolute Gasteiger partial charge is 0.432 e. The van der Waals surface area contributed by atoms with Crippen LogP contribution < -0.4 is 4.74 Å². The second kappa shape index (κ2) is 10.1. The molecule has 1 aromatic heterocycles. The van der Waals surface area contributed by atoms with E-state index in [1.807, 2.05) is 0 Å². The average molecular weight is 476 g/mol. The van der Waals surface area contributed by atoms with E-state index in [2.05, 4.69) is 14.7 Å². The van der Waals surface area contributed by atoms with E-state index in [9.17, 15) is 35.1 Å². The van der Waals surface area contributed by atoms with Crippen LogP contribution in [0.1, 0.15) is 30.4 Å². The molecule has 3 rings (SSSR count). The first-order chi connectivity index (χ1) is 15.6. The average Bonchev–Trinajstić information content (AvgIpc) is 2.74. The van der Waals surface area contributed by atoms with E-state index < -0.39 is 53.2 Å². The van der Waals surface area contributed by atoms with E-state index in [4.69, 9.17) is 0 Å². The number of hydrogen-bond acceptors (Lipinski definition) is 3. The molecule has 0 fully saturated rings. The van der Waals surface area contributed by atoms with Crippen LogP contribution in [-0.4, -0.2) is 16.6 Å². The zero-order valence-corrected chi connectivity index (χ0v) is 16.8. The van der Waals surface area contributed by atoms with Crippen molar-refractivity contribution in [2.75, 3.05) is 6.67 Å². The van der Waals surface area contributed by atoms with Gasteiger partial charge in [0.1, 0.15) is 22.9 Å². The van der Waals surface area contributed by atoms with Crippen LogP contribution in [-0.2, 0) is 12.5 Å². The van der Waals surface area contributed by atoms with Gasteiger partial charge in [-0.25, -0.2) is 31.9 Å². The van der Waals surface area contributed by atoms with Crippen molar-refractivity contribution in [3.8, 4) is 17.1 Å². The Morgan fingerprint density at radius 3 is 1.88 bits per heavy atom. The fourth-order valence-electron chi connectivity index (χ4n) is 3.00. The Labute approximate surface area is 183 Å². The van der Waals surface area contributed by atoms with Gasteiger partial charge in [0.25, 0.3) is 0 Å². The number of ether oxygens (including phenoxy) is 1. The van der Waals surface area contributed by atoms with Crippen molar-refractivity contribution in [2.24, 2.45) is 0 Å². The van der Waals surface area contributed by atoms with E-state index >= 15 is 0 Å². The van der Waals surface area contributed by atoms with Crippen LogP contribution in [0.3, 0.4) is 0 Å². The smallest absolute Gasteiger partial charge is 0.429 e. The van der Waals surface area contributed by atoms with Gasteiger partial charge < -0.3 is 4.74 Å². The topological polar surface area (TPSA) is 35.0 Å². The fourth-order valence-corrected chi connectivity index (χ4v) is 3.00. The third-order valence-electron chi connectivity index (χ3n) is 4.60. The molecule has 2 aromatic carbocycles. The van der Waals surface area contributed by atoms with Gasteiger partial charge in [-0.1, -0.05) is 6.42 Å². The highest BCUT2D eigenvalue weighted by atomic mass is 19.3. The second-order valence-electron chi connectivity index (χ2n) is 7.05. The Morgan fingerprint density at radius 1 is 0.758 bits per heavy atom. The Hall–Kier alpha value is -3.24. The highest BCUT2D eigenvalue weighted by Gasteiger charge is 2.41. The van der Waals surface area contributed by atoms with Crippen molar-refractivity contribution in [1.29, 1.82) is 0 Å². The number of halogens is 8. The molecule has 0 saturated carbocycles. The van der Waals surface area contributed by atoms with Crippen molar-refractivity contribution < 1.29 is 39.9 Å². The summed E-state index contributed by atoms with van der Waals surface area (Å²) in [6.45, 7) is -0.412. The molecule has 1 heterocycles. The molecule has 3 aromatic rings. The molecular weight excluding hydrogens is 460 g/mol. The number of nitrogens with zero attached hydrogens (tertiary/aromatic N) is 2.